The summed E-state index contributed by atoms with van der Waals surface area (Å²) in [6.45, 7) is 15.9. The summed E-state index contributed by atoms with van der Waals surface area (Å²) in [5.41, 5.74) is 0. The summed E-state index contributed by atoms with van der Waals surface area (Å²) in [5, 5.41) is 0. The van der Waals surface area contributed by atoms with Gasteiger partial charge in [-0.3, -0.25) is 0 Å². The van der Waals surface area contributed by atoms with Crippen molar-refractivity contribution in [1.82, 2.24) is 0 Å². The Morgan fingerprint density at radius 2 is 0.690 bits per heavy atom. The van der Waals surface area contributed by atoms with E-state index in [1.54, 1.807) is 0 Å². The first-order valence-electron chi connectivity index (χ1n) is 15.3. The molecular formula is C31H56O11. The van der Waals surface area contributed by atoms with Gasteiger partial charge in [-0.1, -0.05) is 38.5 Å². The molecule has 1 aromatic rings. The Balaban J connectivity index is 1.62. The first-order valence-corrected chi connectivity index (χ1v) is 15.3. The summed E-state index contributed by atoms with van der Waals surface area (Å²) in [6, 6.07) is 9.68. The van der Waals surface area contributed by atoms with Crippen LogP contribution in [0.25, 0.3) is 0 Å². The number of benzene rings is 1. The molecule has 1 rings (SSSR count). The highest BCUT2D eigenvalue weighted by Crippen LogP contribution is 2.07. The summed E-state index contributed by atoms with van der Waals surface area (Å²) in [5.74, 6) is 1.45. The molecule has 1 aromatic carbocycles. The second-order valence-electron chi connectivity index (χ2n) is 9.26. The van der Waals surface area contributed by atoms with Crippen LogP contribution in [-0.2, 0) is 47.4 Å². The second-order valence-corrected chi connectivity index (χ2v) is 9.26. The Morgan fingerprint density at radius 1 is 0.405 bits per heavy atom. The minimum Gasteiger partial charge on any atom is -0.491 e. The van der Waals surface area contributed by atoms with Crippen LogP contribution in [0.4, 0.5) is 0 Å². The quantitative estimate of drug-likeness (QED) is 0.108. The smallest absolute Gasteiger partial charge is 0.119 e. The summed E-state index contributed by atoms with van der Waals surface area (Å²) >= 11 is 0. The average molecular weight is 605 g/mol. The predicted octanol–water partition coefficient (Wildman–Crippen LogP) is 3.28. The molecule has 0 saturated carbocycles. The molecule has 246 valence electrons. The van der Waals surface area contributed by atoms with Crippen molar-refractivity contribution in [2.75, 3.05) is 139 Å². The normalized spacial score (nSPS) is 12.1. The molecule has 0 aliphatic carbocycles. The first kappa shape index (κ1) is 38.6. The van der Waals surface area contributed by atoms with Crippen LogP contribution in [0.1, 0.15) is 20.3 Å². The van der Waals surface area contributed by atoms with Gasteiger partial charge < -0.3 is 52.1 Å². The van der Waals surface area contributed by atoms with E-state index in [1.165, 1.54) is 0 Å². The third-order valence-electron chi connectivity index (χ3n) is 5.69. The number of para-hydroxylation sites is 1. The summed E-state index contributed by atoms with van der Waals surface area (Å²) in [4.78, 5) is 0. The Hall–Kier alpha value is -1.38. The van der Waals surface area contributed by atoms with E-state index in [4.69, 9.17) is 52.1 Å². The van der Waals surface area contributed by atoms with Crippen LogP contribution in [0.2, 0.25) is 0 Å². The molecule has 0 amide bonds. The van der Waals surface area contributed by atoms with Crippen LogP contribution < -0.4 is 4.74 Å². The molecule has 0 spiro atoms. The lowest BCUT2D eigenvalue weighted by molar-refractivity contribution is -0.0271. The van der Waals surface area contributed by atoms with Crippen molar-refractivity contribution < 1.29 is 52.1 Å². The van der Waals surface area contributed by atoms with E-state index >= 15 is 0 Å². The fourth-order valence-electron chi connectivity index (χ4n) is 3.12. The molecule has 1 atom stereocenters. The molecule has 11 nitrogen and oxygen atoms in total. The molecular weight excluding hydrogens is 548 g/mol. The standard InChI is InChI=1S/C31H56O11/c1-3-30(2)29-41-26-25-39-22-21-37-18-17-35-14-13-33-10-9-32-11-12-34-15-16-36-19-20-38-23-24-40-27-28-42-31-7-5-4-6-8-31/h4-8,30H,3,9-29H2,1-2H3. The molecule has 0 heterocycles. The number of hydrogen-bond donors (Lipinski definition) is 0. The van der Waals surface area contributed by atoms with Crippen LogP contribution in [0.5, 0.6) is 5.75 Å². The van der Waals surface area contributed by atoms with Crippen LogP contribution in [0.3, 0.4) is 0 Å². The van der Waals surface area contributed by atoms with Gasteiger partial charge >= 0.3 is 0 Å². The van der Waals surface area contributed by atoms with Gasteiger partial charge in [-0.05, 0) is 18.1 Å². The minimum atomic E-state index is 0.519. The molecule has 0 N–H and O–H groups in total. The third kappa shape index (κ3) is 28.7. The fourth-order valence-corrected chi connectivity index (χ4v) is 3.12. The Labute approximate surface area is 253 Å². The molecule has 0 aliphatic rings. The van der Waals surface area contributed by atoms with Gasteiger partial charge in [0.15, 0.2) is 0 Å². The van der Waals surface area contributed by atoms with Crippen molar-refractivity contribution in [3.05, 3.63) is 30.3 Å². The number of ether oxygens (including phenoxy) is 11. The van der Waals surface area contributed by atoms with Crippen molar-refractivity contribution in [2.24, 2.45) is 5.92 Å². The maximum atomic E-state index is 5.55. The van der Waals surface area contributed by atoms with Crippen LogP contribution in [0.15, 0.2) is 30.3 Å². The molecule has 0 aliphatic heterocycles. The van der Waals surface area contributed by atoms with Crippen LogP contribution in [-0.4, -0.2) is 139 Å². The van der Waals surface area contributed by atoms with E-state index in [1.807, 2.05) is 30.3 Å². The van der Waals surface area contributed by atoms with Crippen molar-refractivity contribution in [2.45, 2.75) is 20.3 Å². The van der Waals surface area contributed by atoms with Gasteiger partial charge in [-0.15, -0.1) is 0 Å². The molecule has 0 fully saturated rings. The van der Waals surface area contributed by atoms with Gasteiger partial charge in [0.05, 0.1) is 126 Å². The molecule has 0 bridgehead atoms. The monoisotopic (exact) mass is 604 g/mol. The highest BCUT2D eigenvalue weighted by atomic mass is 16.6. The van der Waals surface area contributed by atoms with Gasteiger partial charge in [0.25, 0.3) is 0 Å². The van der Waals surface area contributed by atoms with E-state index in [0.29, 0.717) is 138 Å². The maximum Gasteiger partial charge on any atom is 0.119 e. The summed E-state index contributed by atoms with van der Waals surface area (Å²) < 4.78 is 60.4. The Bertz CT molecular complexity index is 639. The van der Waals surface area contributed by atoms with Crippen LogP contribution in [0, 0.1) is 5.92 Å². The SMILES string of the molecule is CCC(C)COCCOCCOCCOCCOCCOCCOCCOCCOCCOCCOc1ccccc1. The van der Waals surface area contributed by atoms with Crippen molar-refractivity contribution in [3.8, 4) is 5.75 Å². The molecule has 1 unspecified atom stereocenters. The highest BCUT2D eigenvalue weighted by molar-refractivity contribution is 5.20. The predicted molar refractivity (Wildman–Crippen MR) is 160 cm³/mol. The summed E-state index contributed by atoms with van der Waals surface area (Å²) in [7, 11) is 0. The maximum absolute atomic E-state index is 5.55. The van der Waals surface area contributed by atoms with Crippen molar-refractivity contribution in [1.29, 1.82) is 0 Å². The lowest BCUT2D eigenvalue weighted by Crippen LogP contribution is -2.15. The summed E-state index contributed by atoms with van der Waals surface area (Å²) in [6.07, 6.45) is 1.13. The second kappa shape index (κ2) is 32.5. The fraction of sp³-hybridized carbons (Fsp3) is 0.806. The van der Waals surface area contributed by atoms with Crippen molar-refractivity contribution in [3.63, 3.8) is 0 Å². The number of rotatable bonds is 34. The molecule has 0 aromatic heterocycles. The van der Waals surface area contributed by atoms with E-state index < -0.39 is 0 Å². The largest absolute Gasteiger partial charge is 0.491 e. The minimum absolute atomic E-state index is 0.519. The zero-order chi connectivity index (χ0) is 30.0. The van der Waals surface area contributed by atoms with Gasteiger partial charge in [0, 0.05) is 6.61 Å². The molecule has 42 heavy (non-hydrogen) atoms. The highest BCUT2D eigenvalue weighted by Gasteiger charge is 1.99. The van der Waals surface area contributed by atoms with E-state index in [2.05, 4.69) is 13.8 Å². The molecule has 0 saturated heterocycles. The lowest BCUT2D eigenvalue weighted by atomic mass is 10.1. The van der Waals surface area contributed by atoms with E-state index in [9.17, 15) is 0 Å². The average Bonchev–Trinajstić information content (AvgIpc) is 3.02. The van der Waals surface area contributed by atoms with Crippen LogP contribution >= 0.6 is 0 Å². The first-order chi connectivity index (χ1) is 20.8. The molecule has 11 heteroatoms. The van der Waals surface area contributed by atoms with Crippen molar-refractivity contribution >= 4 is 0 Å². The van der Waals surface area contributed by atoms with Gasteiger partial charge in [0.2, 0.25) is 0 Å². The van der Waals surface area contributed by atoms with E-state index in [0.717, 1.165) is 18.8 Å². The zero-order valence-electron chi connectivity index (χ0n) is 26.0. The van der Waals surface area contributed by atoms with Gasteiger partial charge in [0.1, 0.15) is 12.4 Å². The van der Waals surface area contributed by atoms with E-state index in [-0.39, 0.29) is 0 Å². The van der Waals surface area contributed by atoms with Gasteiger partial charge in [-0.2, -0.15) is 0 Å². The topological polar surface area (TPSA) is 102 Å². The zero-order valence-corrected chi connectivity index (χ0v) is 26.0. The lowest BCUT2D eigenvalue weighted by Gasteiger charge is -2.10. The third-order valence-corrected chi connectivity index (χ3v) is 5.69. The van der Waals surface area contributed by atoms with Gasteiger partial charge in [-0.25, -0.2) is 0 Å². The molecule has 0 radical (unpaired) electrons. The Morgan fingerprint density at radius 3 is 1.00 bits per heavy atom. The Kier molecular flexibility index (Phi) is 29.9. The number of hydrogen-bond acceptors (Lipinski definition) is 11.